The van der Waals surface area contributed by atoms with Crippen molar-refractivity contribution in [1.29, 1.82) is 0 Å². The Kier molecular flexibility index (Phi) is 4.50. The number of hydrogen-bond donors (Lipinski definition) is 0. The van der Waals surface area contributed by atoms with E-state index in [0.29, 0.717) is 23.2 Å². The molecule has 2 fully saturated rings. The fourth-order valence-corrected chi connectivity index (χ4v) is 4.63. The molecule has 0 unspecified atom stereocenters. The van der Waals surface area contributed by atoms with Crippen molar-refractivity contribution in [3.05, 3.63) is 66.1 Å². The number of rotatable bonds is 3. The second-order valence-electron chi connectivity index (χ2n) is 7.88. The molecule has 0 bridgehead atoms. The van der Waals surface area contributed by atoms with Gasteiger partial charge in [0.15, 0.2) is 0 Å². The first-order chi connectivity index (χ1) is 14.2. The molecule has 2 aliphatic heterocycles. The molecule has 7 heteroatoms. The third kappa shape index (κ3) is 3.26. The van der Waals surface area contributed by atoms with Crippen LogP contribution in [0.1, 0.15) is 28.8 Å². The van der Waals surface area contributed by atoms with Crippen molar-refractivity contribution < 1.29 is 4.79 Å². The molecule has 2 saturated heterocycles. The molecule has 7 nitrogen and oxygen atoms in total. The van der Waals surface area contributed by atoms with Crippen molar-refractivity contribution in [3.8, 4) is 5.69 Å². The van der Waals surface area contributed by atoms with E-state index in [1.807, 2.05) is 41.4 Å². The molecule has 2 aliphatic rings. The lowest BCUT2D eigenvalue weighted by Gasteiger charge is -2.39. The lowest BCUT2D eigenvalue weighted by molar-refractivity contribution is 0.0678. The predicted octanol–water partition coefficient (Wildman–Crippen LogP) is 2.71. The molecule has 0 saturated carbocycles. The maximum atomic E-state index is 13.4. The zero-order valence-corrected chi connectivity index (χ0v) is 16.5. The summed E-state index contributed by atoms with van der Waals surface area (Å²) in [6.07, 6.45) is 7.31. The van der Waals surface area contributed by atoms with Gasteiger partial charge in [0.05, 0.1) is 29.7 Å². The zero-order chi connectivity index (χ0) is 19.8. The summed E-state index contributed by atoms with van der Waals surface area (Å²) >= 11 is 0. The lowest BCUT2D eigenvalue weighted by atomic mass is 9.91. The first-order valence-electron chi connectivity index (χ1n) is 10.1. The Morgan fingerprint density at radius 3 is 2.66 bits per heavy atom. The van der Waals surface area contributed by atoms with Crippen LogP contribution in [0.3, 0.4) is 0 Å². The summed E-state index contributed by atoms with van der Waals surface area (Å²) in [6.45, 7) is 4.60. The highest BCUT2D eigenvalue weighted by molar-refractivity contribution is 5.97. The van der Waals surface area contributed by atoms with Crippen LogP contribution in [0.25, 0.3) is 5.69 Å². The van der Waals surface area contributed by atoms with Crippen molar-refractivity contribution in [2.75, 3.05) is 24.5 Å². The van der Waals surface area contributed by atoms with Gasteiger partial charge in [-0.2, -0.15) is 15.0 Å². The van der Waals surface area contributed by atoms with Crippen molar-refractivity contribution in [2.24, 2.45) is 5.92 Å². The van der Waals surface area contributed by atoms with Gasteiger partial charge in [0.1, 0.15) is 5.82 Å². The number of amides is 1. The van der Waals surface area contributed by atoms with Crippen molar-refractivity contribution >= 4 is 11.7 Å². The Balaban J connectivity index is 1.40. The van der Waals surface area contributed by atoms with Crippen LogP contribution in [0.2, 0.25) is 0 Å². The number of carbonyl (C=O) groups is 1. The first-order valence-corrected chi connectivity index (χ1v) is 10.1. The van der Waals surface area contributed by atoms with E-state index in [1.165, 1.54) is 10.4 Å². The van der Waals surface area contributed by atoms with Gasteiger partial charge in [-0.15, -0.1) is 0 Å². The highest BCUT2D eigenvalue weighted by Crippen LogP contribution is 2.35. The first kappa shape index (κ1) is 17.8. The molecule has 0 N–H and O–H groups in total. The second kappa shape index (κ2) is 7.31. The van der Waals surface area contributed by atoms with E-state index >= 15 is 0 Å². The number of piperidine rings is 1. The van der Waals surface area contributed by atoms with Crippen LogP contribution in [0.15, 0.2) is 55.0 Å². The number of para-hydroxylation sites is 1. The van der Waals surface area contributed by atoms with Gasteiger partial charge in [0.25, 0.3) is 5.91 Å². The van der Waals surface area contributed by atoms with Gasteiger partial charge < -0.3 is 9.80 Å². The molecule has 5 rings (SSSR count). The van der Waals surface area contributed by atoms with Gasteiger partial charge >= 0.3 is 0 Å². The molecule has 29 heavy (non-hydrogen) atoms. The summed E-state index contributed by atoms with van der Waals surface area (Å²) in [6, 6.07) is 12.0. The molecular weight excluding hydrogens is 364 g/mol. The van der Waals surface area contributed by atoms with Crippen molar-refractivity contribution in [2.45, 2.75) is 25.8 Å². The Morgan fingerprint density at radius 2 is 1.83 bits per heavy atom. The second-order valence-corrected chi connectivity index (χ2v) is 7.88. The van der Waals surface area contributed by atoms with Crippen LogP contribution in [-0.2, 0) is 0 Å². The largest absolute Gasteiger partial charge is 0.352 e. The standard InChI is InChI=1S/C22H24N6O/c1-16-6-9-23-21(14-16)27-13-8-17-7-12-26(15-20(17)27)22(29)18-4-2-3-5-19(18)28-24-10-11-25-28/h2-6,9-11,14,17,20H,7-8,12-13,15H2,1H3/t17-,20-/m0/s1. The summed E-state index contributed by atoms with van der Waals surface area (Å²) in [7, 11) is 0. The Morgan fingerprint density at radius 1 is 1.03 bits per heavy atom. The summed E-state index contributed by atoms with van der Waals surface area (Å²) in [4.78, 5) is 23.9. The molecule has 0 spiro atoms. The van der Waals surface area contributed by atoms with Crippen molar-refractivity contribution in [3.63, 3.8) is 0 Å². The highest BCUT2D eigenvalue weighted by atomic mass is 16.2. The number of carbonyl (C=O) groups excluding carboxylic acids is 1. The van der Waals surface area contributed by atoms with Gasteiger partial charge in [-0.3, -0.25) is 4.79 Å². The molecule has 4 heterocycles. The monoisotopic (exact) mass is 388 g/mol. The molecule has 0 aliphatic carbocycles. The number of anilines is 1. The number of aryl methyl sites for hydroxylation is 1. The van der Waals surface area contributed by atoms with Crippen molar-refractivity contribution in [1.82, 2.24) is 24.9 Å². The van der Waals surface area contributed by atoms with E-state index in [9.17, 15) is 4.79 Å². The number of aromatic nitrogens is 4. The maximum absolute atomic E-state index is 13.4. The highest BCUT2D eigenvalue weighted by Gasteiger charge is 2.40. The SMILES string of the molecule is Cc1ccnc(N2CC[C@@H]3CCN(C(=O)c4ccccc4-n4nccn4)C[C@@H]32)c1. The quantitative estimate of drug-likeness (QED) is 0.690. The molecule has 3 aromatic rings. The summed E-state index contributed by atoms with van der Waals surface area (Å²) in [5.41, 5.74) is 2.57. The number of fused-ring (bicyclic) bond motifs is 1. The Hall–Kier alpha value is -3.22. The number of likely N-dealkylation sites (tertiary alicyclic amines) is 1. The fourth-order valence-electron chi connectivity index (χ4n) is 4.63. The predicted molar refractivity (Wildman–Crippen MR) is 110 cm³/mol. The average Bonchev–Trinajstić information content (AvgIpc) is 3.43. The topological polar surface area (TPSA) is 67.2 Å². The molecule has 148 valence electrons. The molecular formula is C22H24N6O. The smallest absolute Gasteiger partial charge is 0.256 e. The van der Waals surface area contributed by atoms with Gasteiger partial charge in [-0.25, -0.2) is 4.98 Å². The molecule has 0 radical (unpaired) electrons. The molecule has 1 amide bonds. The van der Waals surface area contributed by atoms with Crippen LogP contribution >= 0.6 is 0 Å². The number of pyridine rings is 1. The summed E-state index contributed by atoms with van der Waals surface area (Å²) < 4.78 is 0. The van der Waals surface area contributed by atoms with E-state index in [1.54, 1.807) is 12.4 Å². The minimum Gasteiger partial charge on any atom is -0.352 e. The van der Waals surface area contributed by atoms with Crippen LogP contribution in [-0.4, -0.2) is 56.5 Å². The van der Waals surface area contributed by atoms with E-state index in [4.69, 9.17) is 0 Å². The Labute approximate surface area is 170 Å². The van der Waals surface area contributed by atoms with E-state index in [2.05, 4.69) is 33.1 Å². The van der Waals surface area contributed by atoms with Gasteiger partial charge in [0, 0.05) is 25.8 Å². The molecule has 2 atom stereocenters. The van der Waals surface area contributed by atoms with E-state index in [0.717, 1.165) is 38.3 Å². The zero-order valence-electron chi connectivity index (χ0n) is 16.5. The summed E-state index contributed by atoms with van der Waals surface area (Å²) in [5.74, 6) is 1.68. The molecule has 1 aromatic carbocycles. The van der Waals surface area contributed by atoms with Gasteiger partial charge in [0.2, 0.25) is 0 Å². The van der Waals surface area contributed by atoms with Crippen LogP contribution in [0, 0.1) is 12.8 Å². The normalized spacial score (nSPS) is 21.3. The number of nitrogens with zero attached hydrogens (tertiary/aromatic N) is 6. The third-order valence-electron chi connectivity index (χ3n) is 6.11. The average molecular weight is 388 g/mol. The third-order valence-corrected chi connectivity index (χ3v) is 6.11. The van der Waals surface area contributed by atoms with Gasteiger partial charge in [-0.05, 0) is 55.5 Å². The minimum atomic E-state index is 0.0420. The van der Waals surface area contributed by atoms with Crippen LogP contribution in [0.4, 0.5) is 5.82 Å². The lowest BCUT2D eigenvalue weighted by Crippen LogP contribution is -2.50. The maximum Gasteiger partial charge on any atom is 0.256 e. The number of hydrogen-bond acceptors (Lipinski definition) is 5. The Bertz CT molecular complexity index is 1020. The van der Waals surface area contributed by atoms with E-state index in [-0.39, 0.29) is 5.91 Å². The molecule has 2 aromatic heterocycles. The van der Waals surface area contributed by atoms with Crippen LogP contribution in [0.5, 0.6) is 0 Å². The van der Waals surface area contributed by atoms with Crippen LogP contribution < -0.4 is 4.90 Å². The summed E-state index contributed by atoms with van der Waals surface area (Å²) in [5, 5.41) is 8.41. The number of benzene rings is 1. The van der Waals surface area contributed by atoms with Gasteiger partial charge in [-0.1, -0.05) is 12.1 Å². The van der Waals surface area contributed by atoms with E-state index < -0.39 is 0 Å². The minimum absolute atomic E-state index is 0.0420. The fraction of sp³-hybridized carbons (Fsp3) is 0.364.